The summed E-state index contributed by atoms with van der Waals surface area (Å²) in [5.74, 6) is 0.244. The fourth-order valence-corrected chi connectivity index (χ4v) is 5.21. The van der Waals surface area contributed by atoms with E-state index in [1.807, 2.05) is 30.3 Å². The van der Waals surface area contributed by atoms with Gasteiger partial charge in [-0.3, -0.25) is 14.4 Å². The Morgan fingerprint density at radius 2 is 1.87 bits per heavy atom. The Bertz CT molecular complexity index is 760. The van der Waals surface area contributed by atoms with Crippen molar-refractivity contribution in [1.82, 2.24) is 10.2 Å². The lowest BCUT2D eigenvalue weighted by Gasteiger charge is -2.38. The molecule has 0 spiro atoms. The van der Waals surface area contributed by atoms with Crippen LogP contribution in [0.2, 0.25) is 0 Å². The molecular weight excluding hydrogens is 380 g/mol. The summed E-state index contributed by atoms with van der Waals surface area (Å²) in [5, 5.41) is 3.02. The molecule has 2 saturated heterocycles. The third-order valence-electron chi connectivity index (χ3n) is 6.79. The minimum atomic E-state index is -0.552. The first-order valence-electron chi connectivity index (χ1n) is 11.4. The van der Waals surface area contributed by atoms with E-state index in [1.165, 1.54) is 12.8 Å². The molecule has 6 heteroatoms. The van der Waals surface area contributed by atoms with Crippen LogP contribution in [0.1, 0.15) is 56.9 Å². The Kier molecular flexibility index (Phi) is 6.82. The van der Waals surface area contributed by atoms with Crippen LogP contribution in [0.3, 0.4) is 0 Å². The highest BCUT2D eigenvalue weighted by molar-refractivity contribution is 5.94. The van der Waals surface area contributed by atoms with Gasteiger partial charge in [-0.05, 0) is 37.2 Å². The second-order valence-corrected chi connectivity index (χ2v) is 8.93. The van der Waals surface area contributed by atoms with Gasteiger partial charge in [0.1, 0.15) is 18.7 Å². The molecule has 3 unspecified atom stereocenters. The van der Waals surface area contributed by atoms with Crippen molar-refractivity contribution < 1.29 is 19.1 Å². The van der Waals surface area contributed by atoms with Crippen LogP contribution in [0.25, 0.3) is 0 Å². The maximum Gasteiger partial charge on any atom is 0.245 e. The highest BCUT2D eigenvalue weighted by Gasteiger charge is 2.46. The SMILES string of the molecule is O=C(CCc1ccccc1)NC(CC1CCCC1)C(=O)N1CCCC2OCC(=O)C21. The molecule has 1 aromatic rings. The molecule has 30 heavy (non-hydrogen) atoms. The number of amides is 2. The zero-order chi connectivity index (χ0) is 20.9. The zero-order valence-electron chi connectivity index (χ0n) is 17.6. The molecule has 4 rings (SSSR count). The molecule has 3 aliphatic rings. The monoisotopic (exact) mass is 412 g/mol. The number of aryl methyl sites for hydroxylation is 1. The number of carbonyl (C=O) groups is 3. The first-order valence-corrected chi connectivity index (χ1v) is 11.4. The van der Waals surface area contributed by atoms with Crippen LogP contribution >= 0.6 is 0 Å². The Morgan fingerprint density at radius 1 is 1.10 bits per heavy atom. The lowest BCUT2D eigenvalue weighted by Crippen LogP contribution is -2.58. The molecule has 2 amide bonds. The van der Waals surface area contributed by atoms with Crippen molar-refractivity contribution in [2.75, 3.05) is 13.2 Å². The molecule has 3 atom stereocenters. The largest absolute Gasteiger partial charge is 0.368 e. The van der Waals surface area contributed by atoms with E-state index in [0.717, 1.165) is 31.2 Å². The predicted octanol–water partition coefficient (Wildman–Crippen LogP) is 2.64. The molecular formula is C24H32N2O4. The predicted molar refractivity (Wildman–Crippen MR) is 113 cm³/mol. The summed E-state index contributed by atoms with van der Waals surface area (Å²) in [7, 11) is 0. The molecule has 0 aromatic heterocycles. The standard InChI is InChI=1S/C24H32N2O4/c27-20-16-30-21-11-6-14-26(23(20)21)24(29)19(15-18-9-4-5-10-18)25-22(28)13-12-17-7-2-1-3-8-17/h1-3,7-8,18-19,21,23H,4-6,9-16H2,(H,25,28). The number of rotatable bonds is 7. The number of ketones is 1. The van der Waals surface area contributed by atoms with E-state index in [1.54, 1.807) is 4.90 Å². The normalized spacial score (nSPS) is 25.2. The number of ether oxygens (including phenoxy) is 1. The van der Waals surface area contributed by atoms with Crippen LogP contribution < -0.4 is 5.32 Å². The number of piperidine rings is 1. The van der Waals surface area contributed by atoms with Gasteiger partial charge < -0.3 is 15.0 Å². The fourth-order valence-electron chi connectivity index (χ4n) is 5.21. The number of nitrogens with one attached hydrogen (secondary N) is 1. The average Bonchev–Trinajstić information content (AvgIpc) is 3.42. The lowest BCUT2D eigenvalue weighted by molar-refractivity contribution is -0.144. The van der Waals surface area contributed by atoms with E-state index in [-0.39, 0.29) is 30.3 Å². The van der Waals surface area contributed by atoms with Crippen LogP contribution in [-0.4, -0.2) is 53.8 Å². The van der Waals surface area contributed by atoms with Gasteiger partial charge in [0, 0.05) is 13.0 Å². The van der Waals surface area contributed by atoms with E-state index < -0.39 is 12.1 Å². The average molecular weight is 413 g/mol. The third kappa shape index (κ3) is 4.91. The number of likely N-dealkylation sites (tertiary alicyclic amines) is 1. The van der Waals surface area contributed by atoms with Crippen molar-refractivity contribution in [3.05, 3.63) is 35.9 Å². The Hall–Kier alpha value is -2.21. The molecule has 162 valence electrons. The molecule has 1 saturated carbocycles. The number of hydrogen-bond donors (Lipinski definition) is 1. The van der Waals surface area contributed by atoms with Gasteiger partial charge in [-0.2, -0.15) is 0 Å². The first kappa shape index (κ1) is 21.0. The van der Waals surface area contributed by atoms with Gasteiger partial charge in [-0.25, -0.2) is 0 Å². The minimum absolute atomic E-state index is 0.0110. The summed E-state index contributed by atoms with van der Waals surface area (Å²) in [4.78, 5) is 40.3. The van der Waals surface area contributed by atoms with Gasteiger partial charge in [0.2, 0.25) is 11.8 Å². The fraction of sp³-hybridized carbons (Fsp3) is 0.625. The maximum absolute atomic E-state index is 13.5. The second kappa shape index (κ2) is 9.73. The Balaban J connectivity index is 1.42. The lowest BCUT2D eigenvalue weighted by atomic mass is 9.93. The van der Waals surface area contributed by atoms with Crippen LogP contribution in [0.5, 0.6) is 0 Å². The van der Waals surface area contributed by atoms with Gasteiger partial charge in [0.15, 0.2) is 5.78 Å². The quantitative estimate of drug-likeness (QED) is 0.747. The second-order valence-electron chi connectivity index (χ2n) is 8.93. The number of Topliss-reactive ketones (excluding diaryl/α,β-unsaturated/α-hetero) is 1. The molecule has 6 nitrogen and oxygen atoms in total. The zero-order valence-corrected chi connectivity index (χ0v) is 17.6. The Morgan fingerprint density at radius 3 is 2.63 bits per heavy atom. The van der Waals surface area contributed by atoms with Crippen LogP contribution in [0.4, 0.5) is 0 Å². The van der Waals surface area contributed by atoms with E-state index in [4.69, 9.17) is 4.74 Å². The highest BCUT2D eigenvalue weighted by Crippen LogP contribution is 2.31. The summed E-state index contributed by atoms with van der Waals surface area (Å²) in [6.07, 6.45) is 7.73. The molecule has 3 fully saturated rings. The van der Waals surface area contributed by atoms with Crippen molar-refractivity contribution in [2.45, 2.75) is 76.0 Å². The van der Waals surface area contributed by atoms with Crippen molar-refractivity contribution in [3.63, 3.8) is 0 Å². The van der Waals surface area contributed by atoms with Crippen molar-refractivity contribution in [2.24, 2.45) is 5.92 Å². The van der Waals surface area contributed by atoms with Crippen molar-refractivity contribution >= 4 is 17.6 Å². The van der Waals surface area contributed by atoms with Gasteiger partial charge in [-0.15, -0.1) is 0 Å². The van der Waals surface area contributed by atoms with Crippen LogP contribution in [0, 0.1) is 5.92 Å². The third-order valence-corrected chi connectivity index (χ3v) is 6.79. The maximum atomic E-state index is 13.5. The molecule has 2 heterocycles. The smallest absolute Gasteiger partial charge is 0.245 e. The summed E-state index contributed by atoms with van der Waals surface area (Å²) in [5.41, 5.74) is 1.11. The summed E-state index contributed by atoms with van der Waals surface area (Å²) in [6, 6.07) is 8.88. The van der Waals surface area contributed by atoms with Crippen LogP contribution in [-0.2, 0) is 25.5 Å². The summed E-state index contributed by atoms with van der Waals surface area (Å²) in [6.45, 7) is 0.659. The van der Waals surface area contributed by atoms with Gasteiger partial charge in [0.25, 0.3) is 0 Å². The van der Waals surface area contributed by atoms with E-state index in [9.17, 15) is 14.4 Å². The van der Waals surface area contributed by atoms with E-state index in [0.29, 0.717) is 31.7 Å². The Labute approximate surface area is 178 Å². The molecule has 0 radical (unpaired) electrons. The number of hydrogen-bond acceptors (Lipinski definition) is 4. The van der Waals surface area contributed by atoms with Gasteiger partial charge in [-0.1, -0.05) is 56.0 Å². The van der Waals surface area contributed by atoms with E-state index >= 15 is 0 Å². The van der Waals surface area contributed by atoms with Crippen molar-refractivity contribution in [3.8, 4) is 0 Å². The van der Waals surface area contributed by atoms with E-state index in [2.05, 4.69) is 5.32 Å². The number of benzene rings is 1. The minimum Gasteiger partial charge on any atom is -0.368 e. The molecule has 0 bridgehead atoms. The molecule has 2 aliphatic heterocycles. The summed E-state index contributed by atoms with van der Waals surface area (Å²) >= 11 is 0. The highest BCUT2D eigenvalue weighted by atomic mass is 16.5. The first-order chi connectivity index (χ1) is 14.6. The molecule has 1 N–H and O–H groups in total. The van der Waals surface area contributed by atoms with Crippen molar-refractivity contribution in [1.29, 1.82) is 0 Å². The van der Waals surface area contributed by atoms with Gasteiger partial charge >= 0.3 is 0 Å². The number of carbonyl (C=O) groups excluding carboxylic acids is 3. The summed E-state index contributed by atoms with van der Waals surface area (Å²) < 4.78 is 5.60. The molecule has 1 aromatic carbocycles. The topological polar surface area (TPSA) is 75.7 Å². The number of fused-ring (bicyclic) bond motifs is 1. The van der Waals surface area contributed by atoms with Gasteiger partial charge in [0.05, 0.1) is 6.10 Å². The van der Waals surface area contributed by atoms with Crippen LogP contribution in [0.15, 0.2) is 30.3 Å². The molecule has 1 aliphatic carbocycles. The number of nitrogens with zero attached hydrogens (tertiary/aromatic N) is 1.